The van der Waals surface area contributed by atoms with Crippen LogP contribution in [0.25, 0.3) is 0 Å². The van der Waals surface area contributed by atoms with Gasteiger partial charge < -0.3 is 20.1 Å². The highest BCUT2D eigenvalue weighted by Gasteiger charge is 2.24. The standard InChI is InChI=1S/C19H19ClN2O6S/c1-11-7-13-16(28-10-19(24)22-13)9-17(11)29(25,26)6-5-18(23)21-14-8-12(20)3-4-15(14)27-2/h3-4,7-9H,5-6,10H2,1-2H3,(H,21,23)(H,22,24). The maximum absolute atomic E-state index is 12.8. The van der Waals surface area contributed by atoms with Gasteiger partial charge in [-0.1, -0.05) is 11.6 Å². The molecule has 29 heavy (non-hydrogen) atoms. The summed E-state index contributed by atoms with van der Waals surface area (Å²) in [5.74, 6) is -0.501. The summed E-state index contributed by atoms with van der Waals surface area (Å²) in [4.78, 5) is 23.7. The number of hydrogen-bond donors (Lipinski definition) is 2. The molecule has 8 nitrogen and oxygen atoms in total. The largest absolute Gasteiger partial charge is 0.495 e. The van der Waals surface area contributed by atoms with Crippen molar-refractivity contribution in [2.24, 2.45) is 0 Å². The summed E-state index contributed by atoms with van der Waals surface area (Å²) in [5.41, 5.74) is 1.23. The number of sulfone groups is 1. The van der Waals surface area contributed by atoms with Gasteiger partial charge in [0.1, 0.15) is 11.5 Å². The molecule has 2 aromatic carbocycles. The number of aryl methyl sites for hydroxylation is 1. The molecule has 3 rings (SSSR count). The molecule has 10 heteroatoms. The molecule has 0 aromatic heterocycles. The van der Waals surface area contributed by atoms with Crippen molar-refractivity contribution in [2.45, 2.75) is 18.2 Å². The Morgan fingerprint density at radius 3 is 2.79 bits per heavy atom. The second kappa shape index (κ2) is 8.30. The third-order valence-electron chi connectivity index (χ3n) is 4.28. The van der Waals surface area contributed by atoms with Crippen LogP contribution < -0.4 is 20.1 Å². The number of benzene rings is 2. The molecule has 0 fully saturated rings. The van der Waals surface area contributed by atoms with Gasteiger partial charge in [0.05, 0.1) is 29.1 Å². The van der Waals surface area contributed by atoms with Crippen LogP contribution in [0.4, 0.5) is 11.4 Å². The molecule has 154 valence electrons. The number of anilines is 2. The quantitative estimate of drug-likeness (QED) is 0.717. The summed E-state index contributed by atoms with van der Waals surface area (Å²) < 4.78 is 36.0. The first kappa shape index (κ1) is 20.9. The Bertz CT molecular complexity index is 1080. The van der Waals surface area contributed by atoms with Crippen LogP contribution in [0.1, 0.15) is 12.0 Å². The monoisotopic (exact) mass is 438 g/mol. The third kappa shape index (κ3) is 4.80. The van der Waals surface area contributed by atoms with E-state index in [4.69, 9.17) is 21.1 Å². The van der Waals surface area contributed by atoms with Crippen molar-refractivity contribution in [1.82, 2.24) is 0 Å². The molecule has 0 unspecified atom stereocenters. The summed E-state index contributed by atoms with van der Waals surface area (Å²) in [6.07, 6.45) is -0.258. The zero-order chi connectivity index (χ0) is 21.2. The average Bonchev–Trinajstić information content (AvgIpc) is 2.66. The number of nitrogens with one attached hydrogen (secondary N) is 2. The number of fused-ring (bicyclic) bond motifs is 1. The van der Waals surface area contributed by atoms with Gasteiger partial charge in [0, 0.05) is 17.5 Å². The molecule has 2 aromatic rings. The van der Waals surface area contributed by atoms with E-state index in [0.29, 0.717) is 27.7 Å². The van der Waals surface area contributed by atoms with E-state index < -0.39 is 21.5 Å². The van der Waals surface area contributed by atoms with Crippen LogP contribution in [0, 0.1) is 6.92 Å². The van der Waals surface area contributed by atoms with Gasteiger partial charge >= 0.3 is 0 Å². The highest BCUT2D eigenvalue weighted by molar-refractivity contribution is 7.91. The van der Waals surface area contributed by atoms with Crippen LogP contribution in [0.3, 0.4) is 0 Å². The number of hydrogen-bond acceptors (Lipinski definition) is 6. The molecule has 1 aliphatic rings. The van der Waals surface area contributed by atoms with Crippen molar-refractivity contribution in [3.63, 3.8) is 0 Å². The lowest BCUT2D eigenvalue weighted by atomic mass is 10.2. The number of ether oxygens (including phenoxy) is 2. The minimum atomic E-state index is -3.76. The Kier molecular flexibility index (Phi) is 5.99. The molecular formula is C19H19ClN2O6S. The van der Waals surface area contributed by atoms with E-state index in [1.807, 2.05) is 0 Å². The second-order valence-corrected chi connectivity index (χ2v) is 8.93. The fourth-order valence-corrected chi connectivity index (χ4v) is 4.56. The molecule has 1 aliphatic heterocycles. The lowest BCUT2D eigenvalue weighted by Crippen LogP contribution is -2.26. The van der Waals surface area contributed by atoms with E-state index in [9.17, 15) is 18.0 Å². The van der Waals surface area contributed by atoms with E-state index in [2.05, 4.69) is 10.6 Å². The van der Waals surface area contributed by atoms with E-state index >= 15 is 0 Å². The van der Waals surface area contributed by atoms with Crippen LogP contribution in [0.5, 0.6) is 11.5 Å². The highest BCUT2D eigenvalue weighted by atomic mass is 35.5. The summed E-state index contributed by atoms with van der Waals surface area (Å²) in [7, 11) is -2.31. The molecule has 0 bridgehead atoms. The first-order chi connectivity index (χ1) is 13.7. The molecule has 0 saturated carbocycles. The van der Waals surface area contributed by atoms with Crippen molar-refractivity contribution >= 4 is 44.6 Å². The Morgan fingerprint density at radius 1 is 1.31 bits per heavy atom. The van der Waals surface area contributed by atoms with Gasteiger partial charge in [0.2, 0.25) is 5.91 Å². The SMILES string of the molecule is COc1ccc(Cl)cc1NC(=O)CCS(=O)(=O)c1cc2c(cc1C)NC(=O)CO2. The minimum absolute atomic E-state index is 0.0561. The van der Waals surface area contributed by atoms with E-state index in [-0.39, 0.29) is 29.6 Å². The van der Waals surface area contributed by atoms with Gasteiger partial charge in [-0.2, -0.15) is 0 Å². The van der Waals surface area contributed by atoms with Crippen LogP contribution in [0.2, 0.25) is 5.02 Å². The number of rotatable bonds is 6. The van der Waals surface area contributed by atoms with Crippen molar-refractivity contribution in [1.29, 1.82) is 0 Å². The van der Waals surface area contributed by atoms with Crippen molar-refractivity contribution in [3.05, 3.63) is 40.9 Å². The highest BCUT2D eigenvalue weighted by Crippen LogP contribution is 2.33. The van der Waals surface area contributed by atoms with Gasteiger partial charge in [0.15, 0.2) is 16.4 Å². The van der Waals surface area contributed by atoms with Crippen LogP contribution in [0.15, 0.2) is 35.2 Å². The molecule has 0 saturated heterocycles. The van der Waals surface area contributed by atoms with Gasteiger partial charge in [-0.15, -0.1) is 0 Å². The number of methoxy groups -OCH3 is 1. The zero-order valence-corrected chi connectivity index (χ0v) is 17.3. The third-order valence-corrected chi connectivity index (χ3v) is 6.37. The lowest BCUT2D eigenvalue weighted by Gasteiger charge is -2.20. The molecule has 0 atom stereocenters. The van der Waals surface area contributed by atoms with Crippen molar-refractivity contribution < 1.29 is 27.5 Å². The second-order valence-electron chi connectivity index (χ2n) is 6.41. The molecule has 0 spiro atoms. The summed E-state index contributed by atoms with van der Waals surface area (Å²) >= 11 is 5.93. The minimum Gasteiger partial charge on any atom is -0.495 e. The maximum atomic E-state index is 12.8. The predicted molar refractivity (Wildman–Crippen MR) is 109 cm³/mol. The molecule has 1 heterocycles. The van der Waals surface area contributed by atoms with Gasteiger partial charge in [-0.25, -0.2) is 8.42 Å². The molecular weight excluding hydrogens is 420 g/mol. The van der Waals surface area contributed by atoms with Crippen molar-refractivity contribution in [3.8, 4) is 11.5 Å². The molecule has 2 N–H and O–H groups in total. The molecule has 0 radical (unpaired) electrons. The summed E-state index contributed by atoms with van der Waals surface area (Å²) in [6, 6.07) is 7.65. The first-order valence-electron chi connectivity index (χ1n) is 8.63. The van der Waals surface area contributed by atoms with Crippen LogP contribution in [-0.2, 0) is 19.4 Å². The lowest BCUT2D eigenvalue weighted by molar-refractivity contribution is -0.118. The fraction of sp³-hybridized carbons (Fsp3) is 0.263. The summed E-state index contributed by atoms with van der Waals surface area (Å²) in [5, 5.41) is 5.65. The number of carbonyl (C=O) groups excluding carboxylic acids is 2. The predicted octanol–water partition coefficient (Wildman–Crippen LogP) is 2.79. The normalized spacial score (nSPS) is 13.1. The van der Waals surface area contributed by atoms with Gasteiger partial charge in [-0.3, -0.25) is 9.59 Å². The van der Waals surface area contributed by atoms with E-state index in [0.717, 1.165) is 0 Å². The number of carbonyl (C=O) groups is 2. The van der Waals surface area contributed by atoms with Crippen LogP contribution in [-0.4, -0.2) is 39.7 Å². The fourth-order valence-electron chi connectivity index (χ4n) is 2.88. The zero-order valence-electron chi connectivity index (χ0n) is 15.7. The average molecular weight is 439 g/mol. The Morgan fingerprint density at radius 2 is 2.07 bits per heavy atom. The number of amides is 2. The Labute approximate surface area is 173 Å². The first-order valence-corrected chi connectivity index (χ1v) is 10.7. The smallest absolute Gasteiger partial charge is 0.262 e. The summed E-state index contributed by atoms with van der Waals surface area (Å²) in [6.45, 7) is 1.43. The van der Waals surface area contributed by atoms with E-state index in [1.165, 1.54) is 25.3 Å². The van der Waals surface area contributed by atoms with E-state index in [1.54, 1.807) is 19.1 Å². The maximum Gasteiger partial charge on any atom is 0.262 e. The van der Waals surface area contributed by atoms with Gasteiger partial charge in [0.25, 0.3) is 5.91 Å². The Hall–Kier alpha value is -2.78. The van der Waals surface area contributed by atoms with Gasteiger partial charge in [-0.05, 0) is 36.8 Å². The molecule has 2 amide bonds. The van der Waals surface area contributed by atoms with Crippen LogP contribution >= 0.6 is 11.6 Å². The van der Waals surface area contributed by atoms with Crippen molar-refractivity contribution in [2.75, 3.05) is 30.1 Å². The molecule has 0 aliphatic carbocycles. The Balaban J connectivity index is 1.73. The number of halogens is 1. The topological polar surface area (TPSA) is 111 Å².